The Hall–Kier alpha value is -0.710. The summed E-state index contributed by atoms with van der Waals surface area (Å²) in [5, 5.41) is 3.24. The molecule has 1 aromatic carbocycles. The average molecular weight is 311 g/mol. The second kappa shape index (κ2) is 5.76. The first-order valence-corrected chi connectivity index (χ1v) is 7.23. The number of nitrogens with zero attached hydrogens (tertiary/aromatic N) is 1. The molecule has 17 heavy (non-hydrogen) atoms. The van der Waals surface area contributed by atoms with Crippen LogP contribution < -0.4 is 5.73 Å². The Morgan fingerprint density at radius 3 is 2.88 bits per heavy atom. The van der Waals surface area contributed by atoms with E-state index in [4.69, 9.17) is 5.73 Å². The molecular weight excluding hydrogens is 296 g/mol. The van der Waals surface area contributed by atoms with E-state index in [0.717, 1.165) is 21.6 Å². The van der Waals surface area contributed by atoms with Crippen LogP contribution in [0, 0.1) is 6.92 Å². The molecule has 1 heterocycles. The van der Waals surface area contributed by atoms with Crippen molar-refractivity contribution >= 4 is 27.3 Å². The summed E-state index contributed by atoms with van der Waals surface area (Å²) in [4.78, 5) is 4.50. The first-order chi connectivity index (χ1) is 8.19. The highest BCUT2D eigenvalue weighted by molar-refractivity contribution is 9.10. The lowest BCUT2D eigenvalue weighted by Crippen LogP contribution is -2.15. The summed E-state index contributed by atoms with van der Waals surface area (Å²) in [6, 6.07) is 8.34. The van der Waals surface area contributed by atoms with Crippen LogP contribution in [0.1, 0.15) is 22.2 Å². The fourth-order valence-corrected chi connectivity index (χ4v) is 2.89. The largest absolute Gasteiger partial charge is 0.330 e. The van der Waals surface area contributed by atoms with Crippen LogP contribution in [0.15, 0.2) is 34.1 Å². The van der Waals surface area contributed by atoms with Crippen LogP contribution in [-0.2, 0) is 6.42 Å². The Labute approximate surface area is 114 Å². The summed E-state index contributed by atoms with van der Waals surface area (Å²) in [6.07, 6.45) is 0.914. The molecule has 4 heteroatoms. The number of thiazole rings is 1. The summed E-state index contributed by atoms with van der Waals surface area (Å²) in [6.45, 7) is 2.68. The Morgan fingerprint density at radius 1 is 1.47 bits per heavy atom. The van der Waals surface area contributed by atoms with E-state index >= 15 is 0 Å². The molecule has 0 aliphatic heterocycles. The highest BCUT2D eigenvalue weighted by Crippen LogP contribution is 2.23. The van der Waals surface area contributed by atoms with E-state index in [-0.39, 0.29) is 0 Å². The van der Waals surface area contributed by atoms with Crippen molar-refractivity contribution in [3.05, 3.63) is 50.4 Å². The van der Waals surface area contributed by atoms with E-state index in [0.29, 0.717) is 12.5 Å². The number of hydrogen-bond acceptors (Lipinski definition) is 3. The molecule has 2 nitrogen and oxygen atoms in total. The lowest BCUT2D eigenvalue weighted by molar-refractivity contribution is 0.683. The van der Waals surface area contributed by atoms with Gasteiger partial charge in [0.1, 0.15) is 0 Å². The number of halogens is 1. The maximum Gasteiger partial charge on any atom is 0.0897 e. The topological polar surface area (TPSA) is 38.9 Å². The zero-order valence-electron chi connectivity index (χ0n) is 9.69. The average Bonchev–Trinajstić information content (AvgIpc) is 2.72. The summed E-state index contributed by atoms with van der Waals surface area (Å²) in [7, 11) is 0. The van der Waals surface area contributed by atoms with E-state index in [1.54, 1.807) is 11.3 Å². The van der Waals surface area contributed by atoms with Crippen molar-refractivity contribution in [1.29, 1.82) is 0 Å². The van der Waals surface area contributed by atoms with Gasteiger partial charge in [0, 0.05) is 15.8 Å². The molecule has 0 amide bonds. The zero-order valence-corrected chi connectivity index (χ0v) is 12.1. The number of aryl methyl sites for hydroxylation is 1. The van der Waals surface area contributed by atoms with Crippen LogP contribution in [0.4, 0.5) is 0 Å². The third-order valence-electron chi connectivity index (χ3n) is 2.73. The number of rotatable bonds is 4. The van der Waals surface area contributed by atoms with Crippen LogP contribution in [0.3, 0.4) is 0 Å². The molecule has 0 radical (unpaired) electrons. The van der Waals surface area contributed by atoms with Gasteiger partial charge in [0.15, 0.2) is 0 Å². The second-order valence-corrected chi connectivity index (χ2v) is 6.03. The molecular formula is C13H15BrN2S. The number of hydrogen-bond donors (Lipinski definition) is 1. The maximum atomic E-state index is 5.87. The maximum absolute atomic E-state index is 5.87. The summed E-state index contributed by atoms with van der Waals surface area (Å²) >= 11 is 5.19. The monoisotopic (exact) mass is 310 g/mol. The Morgan fingerprint density at radius 2 is 2.29 bits per heavy atom. The Bertz CT molecular complexity index is 496. The minimum Gasteiger partial charge on any atom is -0.330 e. The van der Waals surface area contributed by atoms with Crippen molar-refractivity contribution in [2.75, 3.05) is 6.54 Å². The molecule has 0 saturated heterocycles. The van der Waals surface area contributed by atoms with Crippen molar-refractivity contribution in [1.82, 2.24) is 4.98 Å². The van der Waals surface area contributed by atoms with Crippen LogP contribution in [0.2, 0.25) is 0 Å². The standard InChI is InChI=1S/C13H15BrN2S/c1-9-16-13(8-17-9)6-11(7-15)10-3-2-4-12(14)5-10/h2-5,8,11H,6-7,15H2,1H3. The number of nitrogens with two attached hydrogens (primary N) is 1. The summed E-state index contributed by atoms with van der Waals surface area (Å²) in [5.41, 5.74) is 8.28. The van der Waals surface area contributed by atoms with Crippen molar-refractivity contribution in [3.8, 4) is 0 Å². The fourth-order valence-electron chi connectivity index (χ4n) is 1.85. The van der Waals surface area contributed by atoms with E-state index in [1.807, 2.05) is 19.1 Å². The van der Waals surface area contributed by atoms with Crippen LogP contribution in [0.25, 0.3) is 0 Å². The van der Waals surface area contributed by atoms with Crippen LogP contribution in [-0.4, -0.2) is 11.5 Å². The van der Waals surface area contributed by atoms with Gasteiger partial charge in [-0.2, -0.15) is 0 Å². The minimum atomic E-state index is 0.342. The molecule has 0 aliphatic rings. The Balaban J connectivity index is 2.16. The second-order valence-electron chi connectivity index (χ2n) is 4.05. The highest BCUT2D eigenvalue weighted by Gasteiger charge is 2.12. The van der Waals surface area contributed by atoms with Gasteiger partial charge < -0.3 is 5.73 Å². The molecule has 0 aliphatic carbocycles. The molecule has 2 rings (SSSR count). The number of aromatic nitrogens is 1. The van der Waals surface area contributed by atoms with Crippen molar-refractivity contribution < 1.29 is 0 Å². The van der Waals surface area contributed by atoms with Gasteiger partial charge in [-0.25, -0.2) is 4.98 Å². The van der Waals surface area contributed by atoms with E-state index in [9.17, 15) is 0 Å². The molecule has 0 saturated carbocycles. The lowest BCUT2D eigenvalue weighted by atomic mass is 9.95. The molecule has 2 aromatic rings. The molecule has 90 valence electrons. The molecule has 0 bridgehead atoms. The molecule has 1 unspecified atom stereocenters. The summed E-state index contributed by atoms with van der Waals surface area (Å²) < 4.78 is 1.10. The fraction of sp³-hybridized carbons (Fsp3) is 0.308. The molecule has 0 fully saturated rings. The molecule has 1 aromatic heterocycles. The Kier molecular flexibility index (Phi) is 4.31. The van der Waals surface area contributed by atoms with Crippen LogP contribution >= 0.6 is 27.3 Å². The third-order valence-corrected chi connectivity index (χ3v) is 4.04. The van der Waals surface area contributed by atoms with Crippen molar-refractivity contribution in [2.45, 2.75) is 19.3 Å². The number of benzene rings is 1. The van der Waals surface area contributed by atoms with E-state index in [2.05, 4.69) is 38.4 Å². The first-order valence-electron chi connectivity index (χ1n) is 5.55. The summed E-state index contributed by atoms with van der Waals surface area (Å²) in [5.74, 6) is 0.342. The zero-order chi connectivity index (χ0) is 12.3. The van der Waals surface area contributed by atoms with Gasteiger partial charge in [-0.15, -0.1) is 11.3 Å². The van der Waals surface area contributed by atoms with Gasteiger partial charge in [-0.05, 0) is 37.6 Å². The van der Waals surface area contributed by atoms with Crippen molar-refractivity contribution in [3.63, 3.8) is 0 Å². The van der Waals surface area contributed by atoms with E-state index < -0.39 is 0 Å². The highest BCUT2D eigenvalue weighted by atomic mass is 79.9. The van der Waals surface area contributed by atoms with Gasteiger partial charge >= 0.3 is 0 Å². The normalized spacial score (nSPS) is 12.6. The van der Waals surface area contributed by atoms with Gasteiger partial charge in [-0.3, -0.25) is 0 Å². The minimum absolute atomic E-state index is 0.342. The van der Waals surface area contributed by atoms with Crippen molar-refractivity contribution in [2.24, 2.45) is 5.73 Å². The first kappa shape index (κ1) is 12.7. The molecule has 2 N–H and O–H groups in total. The van der Waals surface area contributed by atoms with Gasteiger partial charge in [0.25, 0.3) is 0 Å². The molecule has 1 atom stereocenters. The predicted molar refractivity (Wildman–Crippen MR) is 76.5 cm³/mol. The quantitative estimate of drug-likeness (QED) is 0.938. The smallest absolute Gasteiger partial charge is 0.0897 e. The lowest BCUT2D eigenvalue weighted by Gasteiger charge is -2.14. The van der Waals surface area contributed by atoms with Crippen LogP contribution in [0.5, 0.6) is 0 Å². The predicted octanol–water partition coefficient (Wildman–Crippen LogP) is 3.50. The SMILES string of the molecule is Cc1nc(CC(CN)c2cccc(Br)c2)cs1. The van der Waals surface area contributed by atoms with Gasteiger partial charge in [0.2, 0.25) is 0 Å². The third kappa shape index (κ3) is 3.37. The van der Waals surface area contributed by atoms with Gasteiger partial charge in [0.05, 0.1) is 10.7 Å². The van der Waals surface area contributed by atoms with E-state index in [1.165, 1.54) is 5.56 Å². The molecule has 0 spiro atoms. The van der Waals surface area contributed by atoms with Gasteiger partial charge in [-0.1, -0.05) is 28.1 Å².